The van der Waals surface area contributed by atoms with Gasteiger partial charge in [-0.1, -0.05) is 0 Å². The average molecular weight is 212 g/mol. The quantitative estimate of drug-likeness (QED) is 0.413. The summed E-state index contributed by atoms with van der Waals surface area (Å²) in [4.78, 5) is 21.5. The van der Waals surface area contributed by atoms with Crippen molar-refractivity contribution in [3.05, 3.63) is 10.1 Å². The van der Waals surface area contributed by atoms with E-state index in [4.69, 9.17) is 0 Å². The molecule has 0 spiro atoms. The van der Waals surface area contributed by atoms with Gasteiger partial charge in [0, 0.05) is 35.8 Å². The van der Waals surface area contributed by atoms with Crippen molar-refractivity contribution in [3.8, 4) is 0 Å². The van der Waals surface area contributed by atoms with Crippen molar-refractivity contribution < 1.29 is 9.72 Å². The second-order valence-corrected chi connectivity index (χ2v) is 4.69. The maximum Gasteiger partial charge on any atom is 0.213 e. The Labute approximate surface area is 88.4 Å². The minimum absolute atomic E-state index is 0.0437. The Morgan fingerprint density at radius 1 is 1.47 bits per heavy atom. The number of carbonyl (C=O) groups excluding carboxylic acids is 1. The molecule has 2 rings (SSSR count). The maximum absolute atomic E-state index is 10.9. The van der Waals surface area contributed by atoms with Gasteiger partial charge in [-0.2, -0.15) is 0 Å². The molecule has 1 heterocycles. The van der Waals surface area contributed by atoms with Crippen molar-refractivity contribution in [3.63, 3.8) is 0 Å². The molecule has 5 heteroatoms. The highest BCUT2D eigenvalue weighted by atomic mass is 16.6. The molecule has 5 atom stereocenters. The van der Waals surface area contributed by atoms with Gasteiger partial charge in [-0.15, -0.1) is 0 Å². The Hall–Kier alpha value is -0.970. The van der Waals surface area contributed by atoms with Crippen molar-refractivity contribution in [2.45, 2.75) is 44.3 Å². The minimum atomic E-state index is -0.444. The van der Waals surface area contributed by atoms with Crippen molar-refractivity contribution in [2.75, 3.05) is 0 Å². The van der Waals surface area contributed by atoms with Crippen LogP contribution in [0.1, 0.15) is 26.2 Å². The summed E-state index contributed by atoms with van der Waals surface area (Å²) in [6.07, 6.45) is 2.98. The highest BCUT2D eigenvalue weighted by Crippen LogP contribution is 2.37. The number of nitro groups is 1. The lowest BCUT2D eigenvalue weighted by atomic mass is 9.77. The van der Waals surface area contributed by atoms with Crippen LogP contribution in [-0.4, -0.2) is 29.3 Å². The van der Waals surface area contributed by atoms with E-state index >= 15 is 0 Å². The molecule has 15 heavy (non-hydrogen) atoms. The first-order chi connectivity index (χ1) is 7.13. The second-order valence-electron chi connectivity index (χ2n) is 4.69. The summed E-state index contributed by atoms with van der Waals surface area (Å²) in [6.45, 7) is 1.98. The Morgan fingerprint density at radius 3 is 2.80 bits per heavy atom. The Kier molecular flexibility index (Phi) is 2.73. The fourth-order valence-electron chi connectivity index (χ4n) is 3.04. The molecule has 0 aromatic carbocycles. The van der Waals surface area contributed by atoms with Crippen molar-refractivity contribution >= 4 is 6.29 Å². The number of nitrogens with one attached hydrogen (secondary N) is 1. The van der Waals surface area contributed by atoms with E-state index in [2.05, 4.69) is 5.32 Å². The molecule has 5 unspecified atom stereocenters. The molecule has 5 nitrogen and oxygen atoms in total. The van der Waals surface area contributed by atoms with Crippen molar-refractivity contribution in [1.29, 1.82) is 0 Å². The van der Waals surface area contributed by atoms with E-state index < -0.39 is 6.04 Å². The molecular formula is C10H16N2O3. The van der Waals surface area contributed by atoms with E-state index in [1.807, 2.05) is 6.92 Å². The summed E-state index contributed by atoms with van der Waals surface area (Å²) >= 11 is 0. The summed E-state index contributed by atoms with van der Waals surface area (Å²) in [5.41, 5.74) is 0. The van der Waals surface area contributed by atoms with Gasteiger partial charge in [0.05, 0.1) is 0 Å². The SMILES string of the molecule is CC1NC2CCC([N+](=O)[O-])CC2C1C=O. The van der Waals surface area contributed by atoms with E-state index in [1.165, 1.54) is 0 Å². The number of rotatable bonds is 2. The third-order valence-electron chi connectivity index (χ3n) is 3.88. The number of nitrogens with zero attached hydrogens (tertiary/aromatic N) is 1. The topological polar surface area (TPSA) is 72.2 Å². The molecule has 1 aliphatic heterocycles. The second kappa shape index (κ2) is 3.89. The van der Waals surface area contributed by atoms with Crippen LogP contribution in [0.15, 0.2) is 0 Å². The Bertz CT molecular complexity index is 282. The third kappa shape index (κ3) is 1.76. The van der Waals surface area contributed by atoms with Crippen LogP contribution in [0.5, 0.6) is 0 Å². The molecule has 0 bridgehead atoms. The largest absolute Gasteiger partial charge is 0.310 e. The summed E-state index contributed by atoms with van der Waals surface area (Å²) in [5, 5.41) is 14.1. The van der Waals surface area contributed by atoms with Gasteiger partial charge in [-0.3, -0.25) is 10.1 Å². The highest BCUT2D eigenvalue weighted by Gasteiger charge is 2.46. The molecule has 2 aliphatic rings. The number of hydrogen-bond acceptors (Lipinski definition) is 4. The number of hydrogen-bond donors (Lipinski definition) is 1. The fourth-order valence-corrected chi connectivity index (χ4v) is 3.04. The smallest absolute Gasteiger partial charge is 0.213 e. The standard InChI is InChI=1S/C10H16N2O3/c1-6-9(5-13)8-4-7(12(14)15)2-3-10(8)11-6/h5-11H,2-4H2,1H3. The zero-order valence-electron chi connectivity index (χ0n) is 8.76. The summed E-state index contributed by atoms with van der Waals surface area (Å²) in [7, 11) is 0. The van der Waals surface area contributed by atoms with Gasteiger partial charge in [0.1, 0.15) is 6.29 Å². The van der Waals surface area contributed by atoms with Crippen LogP contribution in [0, 0.1) is 22.0 Å². The van der Waals surface area contributed by atoms with E-state index in [-0.39, 0.29) is 22.8 Å². The highest BCUT2D eigenvalue weighted by molar-refractivity contribution is 5.56. The Morgan fingerprint density at radius 2 is 2.20 bits per heavy atom. The van der Waals surface area contributed by atoms with Crippen LogP contribution in [0.25, 0.3) is 0 Å². The molecule has 1 N–H and O–H groups in total. The van der Waals surface area contributed by atoms with Gasteiger partial charge in [0.25, 0.3) is 0 Å². The number of fused-ring (bicyclic) bond motifs is 1. The molecule has 84 valence electrons. The molecule has 1 saturated heterocycles. The Balaban J connectivity index is 2.09. The maximum atomic E-state index is 10.9. The van der Waals surface area contributed by atoms with Gasteiger partial charge in [-0.25, -0.2) is 0 Å². The number of aldehydes is 1. The molecule has 1 aliphatic carbocycles. The molecule has 2 fully saturated rings. The normalized spacial score (nSPS) is 44.7. The van der Waals surface area contributed by atoms with Crippen LogP contribution >= 0.6 is 0 Å². The fraction of sp³-hybridized carbons (Fsp3) is 0.900. The van der Waals surface area contributed by atoms with Crippen LogP contribution in [0.3, 0.4) is 0 Å². The van der Waals surface area contributed by atoms with E-state index in [0.717, 1.165) is 12.7 Å². The van der Waals surface area contributed by atoms with E-state index in [9.17, 15) is 14.9 Å². The lowest BCUT2D eigenvalue weighted by Gasteiger charge is -2.28. The molecule has 0 radical (unpaired) electrons. The van der Waals surface area contributed by atoms with Gasteiger partial charge in [0.15, 0.2) is 0 Å². The molecule has 1 saturated carbocycles. The first-order valence-electron chi connectivity index (χ1n) is 5.48. The third-order valence-corrected chi connectivity index (χ3v) is 3.88. The van der Waals surface area contributed by atoms with Gasteiger partial charge in [-0.05, 0) is 19.3 Å². The molecule has 0 amide bonds. The van der Waals surface area contributed by atoms with Gasteiger partial charge >= 0.3 is 0 Å². The van der Waals surface area contributed by atoms with Crippen LogP contribution in [0.2, 0.25) is 0 Å². The first-order valence-corrected chi connectivity index (χ1v) is 5.48. The zero-order valence-corrected chi connectivity index (χ0v) is 8.76. The minimum Gasteiger partial charge on any atom is -0.310 e. The van der Waals surface area contributed by atoms with E-state index in [0.29, 0.717) is 18.9 Å². The van der Waals surface area contributed by atoms with Crippen molar-refractivity contribution in [1.82, 2.24) is 5.32 Å². The first kappa shape index (κ1) is 10.5. The van der Waals surface area contributed by atoms with Gasteiger partial charge < -0.3 is 10.1 Å². The summed E-state index contributed by atoms with van der Waals surface area (Å²) < 4.78 is 0. The summed E-state index contributed by atoms with van der Waals surface area (Å²) in [6, 6.07) is 0.0372. The van der Waals surface area contributed by atoms with Crippen LogP contribution in [-0.2, 0) is 4.79 Å². The zero-order chi connectivity index (χ0) is 11.0. The monoisotopic (exact) mass is 212 g/mol. The predicted molar refractivity (Wildman–Crippen MR) is 54.1 cm³/mol. The summed E-state index contributed by atoms with van der Waals surface area (Å²) in [5.74, 6) is 0.124. The van der Waals surface area contributed by atoms with Crippen molar-refractivity contribution in [2.24, 2.45) is 11.8 Å². The molecule has 0 aromatic heterocycles. The van der Waals surface area contributed by atoms with Crippen LogP contribution in [0.4, 0.5) is 0 Å². The number of carbonyl (C=O) groups is 1. The van der Waals surface area contributed by atoms with Crippen LogP contribution < -0.4 is 5.32 Å². The average Bonchev–Trinajstić information content (AvgIpc) is 2.51. The lowest BCUT2D eigenvalue weighted by Crippen LogP contribution is -2.39. The predicted octanol–water partition coefficient (Wildman–Crippen LogP) is 0.607. The lowest BCUT2D eigenvalue weighted by molar-refractivity contribution is -0.528. The van der Waals surface area contributed by atoms with E-state index in [1.54, 1.807) is 0 Å². The molecular weight excluding hydrogens is 196 g/mol. The molecule has 0 aromatic rings. The van der Waals surface area contributed by atoms with Gasteiger partial charge in [0.2, 0.25) is 6.04 Å².